The molecule has 12 heteroatoms. The number of nitrogens with one attached hydrogen (secondary N) is 2. The van der Waals surface area contributed by atoms with Crippen molar-refractivity contribution < 1.29 is 36.7 Å². The number of urea groups is 1. The molecule has 0 radical (unpaired) electrons. The number of sulfonamides is 1. The van der Waals surface area contributed by atoms with E-state index in [0.717, 1.165) is 18.2 Å². The summed E-state index contributed by atoms with van der Waals surface area (Å²) in [5.74, 6) is -2.98. The Hall–Kier alpha value is -2.57. The van der Waals surface area contributed by atoms with Crippen LogP contribution < -0.4 is 10.6 Å². The third-order valence-corrected chi connectivity index (χ3v) is 5.92. The predicted molar refractivity (Wildman–Crippen MR) is 103 cm³/mol. The first kappa shape index (κ1) is 23.7. The highest BCUT2D eigenvalue weighted by Gasteiger charge is 2.28. The van der Waals surface area contributed by atoms with Crippen molar-refractivity contribution in [2.45, 2.75) is 18.7 Å². The maximum absolute atomic E-state index is 14.1. The minimum atomic E-state index is -3.95. The van der Waals surface area contributed by atoms with E-state index >= 15 is 0 Å². The lowest BCUT2D eigenvalue weighted by Crippen LogP contribution is -2.42. The molecule has 1 heterocycles. The van der Waals surface area contributed by atoms with Crippen LogP contribution in [0.5, 0.6) is 0 Å². The van der Waals surface area contributed by atoms with Gasteiger partial charge in [-0.05, 0) is 24.1 Å². The lowest BCUT2D eigenvalue weighted by atomic mass is 10.2. The molecule has 0 aliphatic carbocycles. The van der Waals surface area contributed by atoms with E-state index in [1.807, 2.05) is 19.2 Å². The van der Waals surface area contributed by atoms with E-state index in [4.69, 9.17) is 9.47 Å². The van der Waals surface area contributed by atoms with E-state index in [9.17, 15) is 27.2 Å². The highest BCUT2D eigenvalue weighted by Crippen LogP contribution is 2.20. The van der Waals surface area contributed by atoms with Gasteiger partial charge in [-0.1, -0.05) is 13.8 Å². The maximum Gasteiger partial charge on any atom is 0.341 e. The quantitative estimate of drug-likeness (QED) is 0.584. The summed E-state index contributed by atoms with van der Waals surface area (Å²) in [5, 5.41) is 4.41. The van der Waals surface area contributed by atoms with Gasteiger partial charge in [-0.2, -0.15) is 4.31 Å². The van der Waals surface area contributed by atoms with Gasteiger partial charge in [-0.15, -0.1) is 0 Å². The van der Waals surface area contributed by atoms with Crippen LogP contribution in [0.1, 0.15) is 24.2 Å². The molecule has 2 N–H and O–H groups in total. The summed E-state index contributed by atoms with van der Waals surface area (Å²) in [6, 6.07) is 1.98. The molecule has 0 atom stereocenters. The summed E-state index contributed by atoms with van der Waals surface area (Å²) in [6.45, 7) is 3.97. The summed E-state index contributed by atoms with van der Waals surface area (Å²) in [5.41, 5.74) is -0.638. The standard InChI is InChI=1S/C18H24FN3O7S/c1-12(2)10-20-18(25)21-16(23)11-29-17(24)14-9-13(3-4-15(14)19)30(26,27)22-5-7-28-8-6-22/h3-4,9,12H,5-8,10-11H2,1-2H3,(H2,20,21,23,25). The van der Waals surface area contributed by atoms with E-state index in [2.05, 4.69) is 5.32 Å². The lowest BCUT2D eigenvalue weighted by molar-refractivity contribution is -0.123. The molecule has 0 spiro atoms. The fourth-order valence-corrected chi connectivity index (χ4v) is 3.90. The van der Waals surface area contributed by atoms with Crippen LogP contribution in [0.3, 0.4) is 0 Å². The molecule has 30 heavy (non-hydrogen) atoms. The van der Waals surface area contributed by atoms with Gasteiger partial charge in [-0.3, -0.25) is 10.1 Å². The number of rotatable bonds is 7. The van der Waals surface area contributed by atoms with Crippen molar-refractivity contribution in [3.63, 3.8) is 0 Å². The third-order valence-electron chi connectivity index (χ3n) is 4.02. The first-order valence-electron chi connectivity index (χ1n) is 9.23. The summed E-state index contributed by atoms with van der Waals surface area (Å²) in [7, 11) is -3.95. The van der Waals surface area contributed by atoms with Crippen LogP contribution in [0.2, 0.25) is 0 Å². The molecule has 1 fully saturated rings. The van der Waals surface area contributed by atoms with E-state index in [-0.39, 0.29) is 37.1 Å². The number of nitrogens with zero attached hydrogens (tertiary/aromatic N) is 1. The van der Waals surface area contributed by atoms with Gasteiger partial charge < -0.3 is 14.8 Å². The number of benzene rings is 1. The van der Waals surface area contributed by atoms with Gasteiger partial charge in [0.2, 0.25) is 10.0 Å². The summed E-state index contributed by atoms with van der Waals surface area (Å²) in [6.07, 6.45) is 0. The molecule has 2 rings (SSSR count). The molecule has 0 saturated carbocycles. The number of carbonyl (C=O) groups excluding carboxylic acids is 3. The largest absolute Gasteiger partial charge is 0.452 e. The summed E-state index contributed by atoms with van der Waals surface area (Å²) >= 11 is 0. The smallest absolute Gasteiger partial charge is 0.341 e. The summed E-state index contributed by atoms with van der Waals surface area (Å²) in [4.78, 5) is 35.1. The lowest BCUT2D eigenvalue weighted by Gasteiger charge is -2.26. The van der Waals surface area contributed by atoms with Gasteiger partial charge in [0.25, 0.3) is 5.91 Å². The molecular weight excluding hydrogens is 421 g/mol. The van der Waals surface area contributed by atoms with Gasteiger partial charge in [0.05, 0.1) is 23.7 Å². The van der Waals surface area contributed by atoms with Gasteiger partial charge >= 0.3 is 12.0 Å². The minimum absolute atomic E-state index is 0.137. The fraction of sp³-hybridized carbons (Fsp3) is 0.500. The number of ether oxygens (including phenoxy) is 2. The molecule has 1 aromatic rings. The van der Waals surface area contributed by atoms with Crippen molar-refractivity contribution in [3.8, 4) is 0 Å². The van der Waals surface area contributed by atoms with E-state index in [1.165, 1.54) is 4.31 Å². The zero-order chi connectivity index (χ0) is 22.3. The van der Waals surface area contributed by atoms with Crippen LogP contribution in [0, 0.1) is 11.7 Å². The van der Waals surface area contributed by atoms with Crippen LogP contribution >= 0.6 is 0 Å². The van der Waals surface area contributed by atoms with Gasteiger partial charge in [0, 0.05) is 19.6 Å². The first-order chi connectivity index (χ1) is 14.1. The van der Waals surface area contributed by atoms with Gasteiger partial charge in [0.15, 0.2) is 6.61 Å². The SMILES string of the molecule is CC(C)CNC(=O)NC(=O)COC(=O)c1cc(S(=O)(=O)N2CCOCC2)ccc1F. The Kier molecular flexibility index (Phi) is 8.26. The average Bonchev–Trinajstić information content (AvgIpc) is 2.71. The average molecular weight is 445 g/mol. The van der Waals surface area contributed by atoms with Crippen molar-refractivity contribution >= 4 is 27.9 Å². The second-order valence-electron chi connectivity index (χ2n) is 6.89. The molecule has 1 saturated heterocycles. The number of hydrogen-bond donors (Lipinski definition) is 2. The normalized spacial score (nSPS) is 14.9. The zero-order valence-corrected chi connectivity index (χ0v) is 17.5. The van der Waals surface area contributed by atoms with E-state index < -0.39 is 45.9 Å². The molecule has 1 aromatic carbocycles. The summed E-state index contributed by atoms with van der Waals surface area (Å²) < 4.78 is 50.4. The first-order valence-corrected chi connectivity index (χ1v) is 10.7. The Morgan fingerprint density at radius 2 is 1.90 bits per heavy atom. The number of amides is 3. The highest BCUT2D eigenvalue weighted by molar-refractivity contribution is 7.89. The van der Waals surface area contributed by atoms with Crippen molar-refractivity contribution in [2.24, 2.45) is 5.92 Å². The van der Waals surface area contributed by atoms with Crippen LogP contribution in [0.25, 0.3) is 0 Å². The second-order valence-corrected chi connectivity index (χ2v) is 8.82. The molecule has 166 valence electrons. The molecule has 0 aromatic heterocycles. The predicted octanol–water partition coefficient (Wildman–Crippen LogP) is 0.485. The Balaban J connectivity index is 2.01. The van der Waals surface area contributed by atoms with Crippen LogP contribution in [0.4, 0.5) is 9.18 Å². The second kappa shape index (κ2) is 10.5. The zero-order valence-electron chi connectivity index (χ0n) is 16.6. The van der Waals surface area contributed by atoms with E-state index in [0.29, 0.717) is 6.54 Å². The number of esters is 1. The minimum Gasteiger partial charge on any atom is -0.452 e. The number of morpholine rings is 1. The Morgan fingerprint density at radius 1 is 1.23 bits per heavy atom. The van der Waals surface area contributed by atoms with Gasteiger partial charge in [-0.25, -0.2) is 22.4 Å². The monoisotopic (exact) mass is 445 g/mol. The Labute approximate surface area is 173 Å². The van der Waals surface area contributed by atoms with Crippen molar-refractivity contribution in [1.82, 2.24) is 14.9 Å². The number of imide groups is 1. The highest BCUT2D eigenvalue weighted by atomic mass is 32.2. The van der Waals surface area contributed by atoms with Crippen molar-refractivity contribution in [2.75, 3.05) is 39.5 Å². The van der Waals surface area contributed by atoms with E-state index in [1.54, 1.807) is 0 Å². The molecule has 1 aliphatic heterocycles. The Bertz CT molecular complexity index is 899. The molecular formula is C18H24FN3O7S. The van der Waals surface area contributed by atoms with Crippen LogP contribution in [0.15, 0.2) is 23.1 Å². The Morgan fingerprint density at radius 3 is 2.53 bits per heavy atom. The van der Waals surface area contributed by atoms with Crippen molar-refractivity contribution in [1.29, 1.82) is 0 Å². The third kappa shape index (κ3) is 6.47. The molecule has 0 bridgehead atoms. The number of carbonyl (C=O) groups is 3. The van der Waals surface area contributed by atoms with Crippen LogP contribution in [-0.2, 0) is 24.3 Å². The fourth-order valence-electron chi connectivity index (χ4n) is 2.47. The number of hydrogen-bond acceptors (Lipinski definition) is 7. The van der Waals surface area contributed by atoms with Gasteiger partial charge in [0.1, 0.15) is 5.82 Å². The molecule has 1 aliphatic rings. The molecule has 0 unspecified atom stereocenters. The molecule has 10 nitrogen and oxygen atoms in total. The maximum atomic E-state index is 14.1. The topological polar surface area (TPSA) is 131 Å². The van der Waals surface area contributed by atoms with Crippen molar-refractivity contribution in [3.05, 3.63) is 29.6 Å². The molecule has 3 amide bonds. The van der Waals surface area contributed by atoms with Crippen LogP contribution in [-0.4, -0.2) is 70.1 Å². The number of halogens is 1.